The van der Waals surface area contributed by atoms with E-state index in [2.05, 4.69) is 10.2 Å². The van der Waals surface area contributed by atoms with E-state index < -0.39 is 12.2 Å². The van der Waals surface area contributed by atoms with Gasteiger partial charge in [0.05, 0.1) is 25.4 Å². The molecule has 2 aromatic rings. The first kappa shape index (κ1) is 30.1. The minimum atomic E-state index is -0.563. The first-order valence-electron chi connectivity index (χ1n) is 14.1. The second-order valence-corrected chi connectivity index (χ2v) is 10.5. The fourth-order valence-corrected chi connectivity index (χ4v) is 5.39. The highest BCUT2D eigenvalue weighted by Gasteiger charge is 2.35. The molecule has 0 unspecified atom stereocenters. The van der Waals surface area contributed by atoms with Gasteiger partial charge in [-0.25, -0.2) is 5.48 Å². The van der Waals surface area contributed by atoms with Gasteiger partial charge in [0.2, 0.25) is 11.8 Å². The highest BCUT2D eigenvalue weighted by atomic mass is 16.7. The number of hydrogen-bond acceptors (Lipinski definition) is 8. The molecule has 4 rings (SSSR count). The second kappa shape index (κ2) is 15.2. The largest absolute Gasteiger partial charge is 0.392 e. The topological polar surface area (TPSA) is 130 Å². The van der Waals surface area contributed by atoms with Crippen molar-refractivity contribution in [2.45, 2.75) is 76.1 Å². The first-order valence-corrected chi connectivity index (χ1v) is 14.1. The van der Waals surface area contributed by atoms with Crippen molar-refractivity contribution in [3.63, 3.8) is 0 Å². The van der Waals surface area contributed by atoms with E-state index in [-0.39, 0.29) is 37.6 Å². The number of ether oxygens (including phenoxy) is 3. The van der Waals surface area contributed by atoms with E-state index in [4.69, 9.17) is 19.4 Å². The van der Waals surface area contributed by atoms with Gasteiger partial charge in [0.15, 0.2) is 6.29 Å². The Bertz CT molecular complexity index is 1080. The molecule has 2 fully saturated rings. The maximum absolute atomic E-state index is 12.3. The number of hydroxylamine groups is 1. The summed E-state index contributed by atoms with van der Waals surface area (Å²) >= 11 is 0. The van der Waals surface area contributed by atoms with Gasteiger partial charge in [-0.05, 0) is 55.5 Å². The maximum Gasteiger partial charge on any atom is 0.243 e. The van der Waals surface area contributed by atoms with Crippen molar-refractivity contribution in [3.05, 3.63) is 65.2 Å². The molecule has 0 bridgehead atoms. The number of carbonyl (C=O) groups excluding carboxylic acids is 2. The number of aliphatic hydroxyl groups is 1. The highest BCUT2D eigenvalue weighted by Crippen LogP contribution is 2.39. The highest BCUT2D eigenvalue weighted by molar-refractivity contribution is 5.90. The normalized spacial score (nSPS) is 23.2. The molecule has 0 aliphatic carbocycles. The zero-order chi connectivity index (χ0) is 28.3. The van der Waals surface area contributed by atoms with E-state index in [0.29, 0.717) is 31.2 Å². The minimum Gasteiger partial charge on any atom is -0.392 e. The van der Waals surface area contributed by atoms with E-state index in [1.807, 2.05) is 48.5 Å². The van der Waals surface area contributed by atoms with E-state index in [9.17, 15) is 14.7 Å². The van der Waals surface area contributed by atoms with Gasteiger partial charge in [-0.1, -0.05) is 36.4 Å². The summed E-state index contributed by atoms with van der Waals surface area (Å²) in [7, 11) is 1.74. The van der Waals surface area contributed by atoms with Crippen LogP contribution in [0.2, 0.25) is 0 Å². The van der Waals surface area contributed by atoms with E-state index in [1.165, 1.54) is 0 Å². The van der Waals surface area contributed by atoms with Gasteiger partial charge in [0.1, 0.15) is 0 Å². The van der Waals surface area contributed by atoms with Crippen molar-refractivity contribution in [1.82, 2.24) is 10.4 Å². The van der Waals surface area contributed by atoms with Gasteiger partial charge in [0, 0.05) is 50.2 Å². The second-order valence-electron chi connectivity index (χ2n) is 10.5. The van der Waals surface area contributed by atoms with E-state index in [1.54, 1.807) is 12.6 Å². The summed E-state index contributed by atoms with van der Waals surface area (Å²) in [6.45, 7) is 2.54. The number of aliphatic hydroxyl groups excluding tert-OH is 1. The molecule has 2 saturated heterocycles. The van der Waals surface area contributed by atoms with Gasteiger partial charge < -0.3 is 24.6 Å². The van der Waals surface area contributed by atoms with Crippen LogP contribution in [0, 0.1) is 0 Å². The van der Waals surface area contributed by atoms with Gasteiger partial charge in [0.25, 0.3) is 0 Å². The minimum absolute atomic E-state index is 0.000229. The number of nitrogens with zero attached hydrogens (tertiary/aromatic N) is 1. The van der Waals surface area contributed by atoms with Crippen molar-refractivity contribution < 1.29 is 34.1 Å². The summed E-state index contributed by atoms with van der Waals surface area (Å²) in [4.78, 5) is 25.8. The SMILES string of the molecule is COC[C@@H]1CCCN1C[C@H]1C[C@@H](c2ccc(CO)cc2)O[C@@H](c2ccc(NC(=O)CCCCC(=O)NO)cc2)O1. The number of unbranched alkanes of at least 4 members (excludes halogenated alkanes) is 1. The first-order chi connectivity index (χ1) is 19.5. The van der Waals surface area contributed by atoms with Crippen LogP contribution in [-0.4, -0.2) is 66.0 Å². The Labute approximate surface area is 235 Å². The summed E-state index contributed by atoms with van der Waals surface area (Å²) in [6.07, 6.45) is 3.77. The number of benzene rings is 2. The Kier molecular flexibility index (Phi) is 11.5. The molecule has 4 N–H and O–H groups in total. The fourth-order valence-electron chi connectivity index (χ4n) is 5.39. The van der Waals surface area contributed by atoms with Crippen LogP contribution in [0.25, 0.3) is 0 Å². The van der Waals surface area contributed by atoms with Crippen molar-refractivity contribution in [2.24, 2.45) is 0 Å². The van der Waals surface area contributed by atoms with Crippen molar-refractivity contribution in [3.8, 4) is 0 Å². The Morgan fingerprint density at radius 2 is 1.70 bits per heavy atom. The third-order valence-electron chi connectivity index (χ3n) is 7.56. The van der Waals surface area contributed by atoms with Crippen LogP contribution in [0.5, 0.6) is 0 Å². The fraction of sp³-hybridized carbons (Fsp3) is 0.533. The molecule has 2 amide bonds. The smallest absolute Gasteiger partial charge is 0.243 e. The van der Waals surface area contributed by atoms with Gasteiger partial charge in [-0.15, -0.1) is 0 Å². The number of likely N-dealkylation sites (tertiary alicyclic amines) is 1. The molecule has 10 nitrogen and oxygen atoms in total. The summed E-state index contributed by atoms with van der Waals surface area (Å²) in [6, 6.07) is 15.7. The summed E-state index contributed by atoms with van der Waals surface area (Å²) in [5, 5.41) is 20.9. The quantitative estimate of drug-likeness (QED) is 0.167. The van der Waals surface area contributed by atoms with Crippen LogP contribution in [-0.2, 0) is 30.4 Å². The Morgan fingerprint density at radius 1 is 1.00 bits per heavy atom. The lowest BCUT2D eigenvalue weighted by molar-refractivity contribution is -0.253. The molecule has 2 aromatic carbocycles. The monoisotopic (exact) mass is 555 g/mol. The van der Waals surface area contributed by atoms with E-state index in [0.717, 1.165) is 49.0 Å². The zero-order valence-electron chi connectivity index (χ0n) is 23.1. The molecule has 0 radical (unpaired) electrons. The standard InChI is InChI=1S/C30H41N3O7/c1-38-20-25-5-4-16-33(25)18-26-17-27(22-10-8-21(19-34)9-11-22)40-30(39-26)23-12-14-24(15-13-23)31-28(35)6-2-3-7-29(36)32-37/h8-15,25-27,30,34,37H,2-7,16-20H2,1H3,(H,31,35)(H,32,36)/t25-,26+,27-,30-/m0/s1. The van der Waals surface area contributed by atoms with Crippen LogP contribution >= 0.6 is 0 Å². The summed E-state index contributed by atoms with van der Waals surface area (Å²) in [5.74, 6) is -0.588. The molecular formula is C30H41N3O7. The number of rotatable bonds is 13. The third kappa shape index (κ3) is 8.57. The van der Waals surface area contributed by atoms with Crippen molar-refractivity contribution in [2.75, 3.05) is 32.1 Å². The number of hydrogen-bond donors (Lipinski definition) is 4. The van der Waals surface area contributed by atoms with Crippen LogP contribution in [0.4, 0.5) is 5.69 Å². The molecule has 2 aliphatic heterocycles. The molecule has 10 heteroatoms. The predicted molar refractivity (Wildman–Crippen MR) is 148 cm³/mol. The number of methoxy groups -OCH3 is 1. The molecular weight excluding hydrogens is 514 g/mol. The summed E-state index contributed by atoms with van der Waals surface area (Å²) < 4.78 is 18.4. The number of carbonyl (C=O) groups is 2. The molecule has 218 valence electrons. The molecule has 0 aromatic heterocycles. The third-order valence-corrected chi connectivity index (χ3v) is 7.56. The van der Waals surface area contributed by atoms with Crippen molar-refractivity contribution >= 4 is 17.5 Å². The molecule has 40 heavy (non-hydrogen) atoms. The number of amides is 2. The summed E-state index contributed by atoms with van der Waals surface area (Å²) in [5.41, 5.74) is 5.03. The lowest BCUT2D eigenvalue weighted by Gasteiger charge is -2.38. The van der Waals surface area contributed by atoms with Gasteiger partial charge in [-0.2, -0.15) is 0 Å². The maximum atomic E-state index is 12.3. The zero-order valence-corrected chi connectivity index (χ0v) is 23.1. The van der Waals surface area contributed by atoms with Crippen LogP contribution < -0.4 is 10.8 Å². The van der Waals surface area contributed by atoms with Crippen LogP contribution in [0.1, 0.15) is 74.0 Å². The predicted octanol–water partition coefficient (Wildman–Crippen LogP) is 3.84. The lowest BCUT2D eigenvalue weighted by atomic mass is 9.99. The molecule has 0 spiro atoms. The van der Waals surface area contributed by atoms with Crippen LogP contribution in [0.15, 0.2) is 48.5 Å². The lowest BCUT2D eigenvalue weighted by Crippen LogP contribution is -2.42. The van der Waals surface area contributed by atoms with Gasteiger partial charge in [-0.3, -0.25) is 19.7 Å². The average Bonchev–Trinajstić information content (AvgIpc) is 3.41. The molecule has 2 aliphatic rings. The van der Waals surface area contributed by atoms with Crippen LogP contribution in [0.3, 0.4) is 0 Å². The Hall–Kier alpha value is -2.86. The Balaban J connectivity index is 1.40. The number of nitrogens with one attached hydrogen (secondary N) is 2. The van der Waals surface area contributed by atoms with E-state index >= 15 is 0 Å². The average molecular weight is 556 g/mol. The Morgan fingerprint density at radius 3 is 2.38 bits per heavy atom. The number of anilines is 1. The molecule has 0 saturated carbocycles. The molecule has 4 atom stereocenters. The van der Waals surface area contributed by atoms with Gasteiger partial charge >= 0.3 is 0 Å². The van der Waals surface area contributed by atoms with Crippen molar-refractivity contribution in [1.29, 1.82) is 0 Å². The molecule has 2 heterocycles.